The molecule has 108 valence electrons. The first-order valence-electron chi connectivity index (χ1n) is 5.72. The van der Waals surface area contributed by atoms with Crippen LogP contribution in [0.15, 0.2) is 27.4 Å². The molecular formula is C13H12Cl2O5. The first kappa shape index (κ1) is 15.0. The minimum Gasteiger partial charge on any atom is -0.507 e. The van der Waals surface area contributed by atoms with Crippen LogP contribution in [-0.4, -0.2) is 28.3 Å². The molecule has 1 heterocycles. The fourth-order valence-electron chi connectivity index (χ4n) is 1.84. The van der Waals surface area contributed by atoms with Gasteiger partial charge in [0.15, 0.2) is 0 Å². The molecule has 5 nitrogen and oxygen atoms in total. The molecule has 0 aliphatic carbocycles. The topological polar surface area (TPSA) is 79.9 Å². The van der Waals surface area contributed by atoms with Crippen LogP contribution in [0.4, 0.5) is 0 Å². The van der Waals surface area contributed by atoms with Gasteiger partial charge < -0.3 is 19.4 Å². The number of benzene rings is 1. The molecule has 1 aromatic heterocycles. The van der Waals surface area contributed by atoms with Gasteiger partial charge in [0.2, 0.25) is 0 Å². The molecule has 1 atom stereocenters. The molecule has 2 N–H and O–H groups in total. The van der Waals surface area contributed by atoms with Crippen LogP contribution in [0.1, 0.15) is 5.76 Å². The standard InChI is InChI=1S/C13H12Cl2O5/c1-19-7-2-6-3-8(5-10(17)12(14)15)20-13(18)11(6)9(16)4-7/h2-4,10,12,16-17H,5H2,1H3/t10-/m1/s1. The average molecular weight is 319 g/mol. The Kier molecular flexibility index (Phi) is 4.42. The second kappa shape index (κ2) is 5.91. The van der Waals surface area contributed by atoms with Crippen LogP contribution in [-0.2, 0) is 6.42 Å². The Morgan fingerprint density at radius 1 is 1.35 bits per heavy atom. The largest absolute Gasteiger partial charge is 0.507 e. The Hall–Kier alpha value is -1.43. The summed E-state index contributed by atoms with van der Waals surface area (Å²) in [7, 11) is 1.45. The lowest BCUT2D eigenvalue weighted by Gasteiger charge is -2.11. The number of aliphatic hydroxyl groups is 1. The highest BCUT2D eigenvalue weighted by atomic mass is 35.5. The number of aromatic hydroxyl groups is 1. The van der Waals surface area contributed by atoms with Crippen LogP contribution in [0.5, 0.6) is 11.5 Å². The number of alkyl halides is 2. The number of fused-ring (bicyclic) bond motifs is 1. The van der Waals surface area contributed by atoms with Crippen molar-refractivity contribution in [1.29, 1.82) is 0 Å². The molecule has 0 amide bonds. The zero-order chi connectivity index (χ0) is 14.9. The summed E-state index contributed by atoms with van der Waals surface area (Å²) in [4.78, 5) is 10.9. The lowest BCUT2D eigenvalue weighted by atomic mass is 10.1. The minimum absolute atomic E-state index is 0.0131. The Labute approximate surface area is 124 Å². The van der Waals surface area contributed by atoms with Crippen molar-refractivity contribution in [3.05, 3.63) is 34.4 Å². The average Bonchev–Trinajstić information content (AvgIpc) is 2.37. The van der Waals surface area contributed by atoms with E-state index in [0.29, 0.717) is 11.1 Å². The van der Waals surface area contributed by atoms with Gasteiger partial charge in [-0.2, -0.15) is 0 Å². The third-order valence-electron chi connectivity index (χ3n) is 2.80. The summed E-state index contributed by atoms with van der Waals surface area (Å²) in [6.45, 7) is 0. The number of hydrogen-bond acceptors (Lipinski definition) is 5. The van der Waals surface area contributed by atoms with Gasteiger partial charge in [-0.05, 0) is 17.5 Å². The maximum Gasteiger partial charge on any atom is 0.347 e. The first-order chi connectivity index (χ1) is 9.42. The molecule has 2 aromatic rings. The Morgan fingerprint density at radius 3 is 2.65 bits per heavy atom. The molecule has 7 heteroatoms. The molecule has 0 unspecified atom stereocenters. The predicted molar refractivity (Wildman–Crippen MR) is 75.9 cm³/mol. The van der Waals surface area contributed by atoms with Gasteiger partial charge in [-0.15, -0.1) is 23.2 Å². The van der Waals surface area contributed by atoms with Crippen LogP contribution in [0.2, 0.25) is 0 Å². The van der Waals surface area contributed by atoms with E-state index in [-0.39, 0.29) is 23.3 Å². The van der Waals surface area contributed by atoms with Crippen LogP contribution >= 0.6 is 23.2 Å². The zero-order valence-electron chi connectivity index (χ0n) is 10.5. The van der Waals surface area contributed by atoms with E-state index >= 15 is 0 Å². The van der Waals surface area contributed by atoms with Gasteiger partial charge in [-0.25, -0.2) is 4.79 Å². The molecule has 0 saturated carbocycles. The lowest BCUT2D eigenvalue weighted by Crippen LogP contribution is -2.19. The van der Waals surface area contributed by atoms with E-state index < -0.39 is 16.6 Å². The third kappa shape index (κ3) is 3.00. The molecule has 20 heavy (non-hydrogen) atoms. The molecule has 0 radical (unpaired) electrons. The van der Waals surface area contributed by atoms with Crippen molar-refractivity contribution in [2.45, 2.75) is 17.4 Å². The molecule has 0 aliphatic heterocycles. The minimum atomic E-state index is -1.06. The number of hydrogen-bond donors (Lipinski definition) is 2. The van der Waals surface area contributed by atoms with Gasteiger partial charge in [-0.3, -0.25) is 0 Å². The van der Waals surface area contributed by atoms with Crippen LogP contribution in [0.3, 0.4) is 0 Å². The molecule has 0 aliphatic rings. The number of phenols is 1. The molecular weight excluding hydrogens is 307 g/mol. The van der Waals surface area contributed by atoms with Crippen molar-refractivity contribution in [2.24, 2.45) is 0 Å². The Bertz CT molecular complexity index is 680. The first-order valence-corrected chi connectivity index (χ1v) is 6.59. The Balaban J connectivity index is 2.53. The number of methoxy groups -OCH3 is 1. The van der Waals surface area contributed by atoms with Crippen LogP contribution in [0.25, 0.3) is 10.8 Å². The van der Waals surface area contributed by atoms with E-state index in [4.69, 9.17) is 32.4 Å². The SMILES string of the molecule is COc1cc(O)c2c(=O)oc(C[C@@H](O)C(Cl)Cl)cc2c1. The van der Waals surface area contributed by atoms with Crippen molar-refractivity contribution in [2.75, 3.05) is 7.11 Å². The maximum absolute atomic E-state index is 11.9. The second-order valence-corrected chi connectivity index (χ2v) is 5.38. The highest BCUT2D eigenvalue weighted by Gasteiger charge is 2.17. The highest BCUT2D eigenvalue weighted by molar-refractivity contribution is 6.44. The fraction of sp³-hybridized carbons (Fsp3) is 0.308. The summed E-state index contributed by atoms with van der Waals surface area (Å²) in [5.74, 6) is 0.390. The number of phenolic OH excluding ortho intramolecular Hbond substituents is 1. The van der Waals surface area contributed by atoms with Gasteiger partial charge >= 0.3 is 5.63 Å². The summed E-state index contributed by atoms with van der Waals surface area (Å²) in [6, 6.07) is 4.43. The highest BCUT2D eigenvalue weighted by Crippen LogP contribution is 2.28. The molecule has 2 rings (SSSR count). The van der Waals surface area contributed by atoms with Gasteiger partial charge in [0, 0.05) is 12.5 Å². The number of rotatable bonds is 4. The molecule has 0 spiro atoms. The summed E-state index contributed by atoms with van der Waals surface area (Å²) in [6.07, 6.45) is -1.07. The number of aliphatic hydroxyl groups excluding tert-OH is 1. The quantitative estimate of drug-likeness (QED) is 0.845. The molecule has 0 bridgehead atoms. The van der Waals surface area contributed by atoms with Gasteiger partial charge in [0.1, 0.15) is 27.5 Å². The zero-order valence-corrected chi connectivity index (χ0v) is 12.0. The van der Waals surface area contributed by atoms with Crippen molar-refractivity contribution in [1.82, 2.24) is 0 Å². The summed E-state index contributed by atoms with van der Waals surface area (Å²) < 4.78 is 10.0. The lowest BCUT2D eigenvalue weighted by molar-refractivity contribution is 0.180. The van der Waals surface area contributed by atoms with Crippen LogP contribution in [0, 0.1) is 0 Å². The fourth-order valence-corrected chi connectivity index (χ4v) is 2.02. The second-order valence-electron chi connectivity index (χ2n) is 4.22. The van der Waals surface area contributed by atoms with Crippen LogP contribution < -0.4 is 10.4 Å². The summed E-state index contributed by atoms with van der Waals surface area (Å²) in [5.41, 5.74) is -0.703. The van der Waals surface area contributed by atoms with Crippen molar-refractivity contribution < 1.29 is 19.4 Å². The Morgan fingerprint density at radius 2 is 2.05 bits per heavy atom. The predicted octanol–water partition coefficient (Wildman–Crippen LogP) is 2.21. The third-order valence-corrected chi connectivity index (χ3v) is 3.38. The van der Waals surface area contributed by atoms with E-state index in [1.807, 2.05) is 0 Å². The van der Waals surface area contributed by atoms with Crippen molar-refractivity contribution in [3.8, 4) is 11.5 Å². The van der Waals surface area contributed by atoms with E-state index in [1.54, 1.807) is 6.07 Å². The van der Waals surface area contributed by atoms with Crippen molar-refractivity contribution in [3.63, 3.8) is 0 Å². The van der Waals surface area contributed by atoms with Gasteiger partial charge in [0.05, 0.1) is 13.2 Å². The summed E-state index contributed by atoms with van der Waals surface area (Å²) >= 11 is 11.1. The molecule has 0 saturated heterocycles. The normalized spacial score (nSPS) is 12.8. The van der Waals surface area contributed by atoms with Crippen molar-refractivity contribution >= 4 is 34.0 Å². The number of ether oxygens (including phenoxy) is 1. The molecule has 1 aromatic carbocycles. The maximum atomic E-state index is 11.9. The van der Waals surface area contributed by atoms with E-state index in [1.165, 1.54) is 19.2 Å². The molecule has 0 fully saturated rings. The van der Waals surface area contributed by atoms with Gasteiger partial charge in [0.25, 0.3) is 0 Å². The van der Waals surface area contributed by atoms with E-state index in [2.05, 4.69) is 0 Å². The van der Waals surface area contributed by atoms with E-state index in [0.717, 1.165) is 0 Å². The smallest absolute Gasteiger partial charge is 0.347 e. The van der Waals surface area contributed by atoms with Gasteiger partial charge in [-0.1, -0.05) is 0 Å². The number of halogens is 2. The summed E-state index contributed by atoms with van der Waals surface area (Å²) in [5, 5.41) is 19.9. The van der Waals surface area contributed by atoms with E-state index in [9.17, 15) is 15.0 Å². The monoisotopic (exact) mass is 318 g/mol.